The molecule has 0 fully saturated rings. The number of nitrogens with one attached hydrogen (secondary N) is 1. The van der Waals surface area contributed by atoms with Crippen molar-refractivity contribution in [3.63, 3.8) is 0 Å². The monoisotopic (exact) mass is 280 g/mol. The number of hydrogen-bond donors (Lipinski definition) is 1. The van der Waals surface area contributed by atoms with Gasteiger partial charge in [-0.1, -0.05) is 18.2 Å². The molecule has 3 rings (SSSR count). The van der Waals surface area contributed by atoms with Crippen LogP contribution in [0.4, 0.5) is 0 Å². The molecule has 0 saturated heterocycles. The summed E-state index contributed by atoms with van der Waals surface area (Å²) in [6.45, 7) is 2.69. The van der Waals surface area contributed by atoms with E-state index in [1.165, 1.54) is 5.56 Å². The molecule has 0 saturated carbocycles. The van der Waals surface area contributed by atoms with Crippen molar-refractivity contribution < 1.29 is 0 Å². The molecular formula is C15H16N6. The molecule has 6 nitrogen and oxygen atoms in total. The van der Waals surface area contributed by atoms with Gasteiger partial charge in [-0.2, -0.15) is 4.68 Å². The lowest BCUT2D eigenvalue weighted by Gasteiger charge is -2.13. The highest BCUT2D eigenvalue weighted by molar-refractivity contribution is 5.30. The second-order valence-electron chi connectivity index (χ2n) is 4.73. The highest BCUT2D eigenvalue weighted by Crippen LogP contribution is 2.12. The van der Waals surface area contributed by atoms with Crippen molar-refractivity contribution in [2.24, 2.45) is 0 Å². The van der Waals surface area contributed by atoms with Gasteiger partial charge in [0, 0.05) is 18.4 Å². The van der Waals surface area contributed by atoms with Crippen LogP contribution in [0.1, 0.15) is 24.4 Å². The first-order valence-corrected chi connectivity index (χ1v) is 6.80. The van der Waals surface area contributed by atoms with Crippen LogP contribution in [0.25, 0.3) is 5.69 Å². The maximum atomic E-state index is 4.09. The second-order valence-corrected chi connectivity index (χ2v) is 4.73. The molecular weight excluding hydrogens is 264 g/mol. The smallest absolute Gasteiger partial charge is 0.170 e. The minimum Gasteiger partial charge on any atom is -0.303 e. The summed E-state index contributed by atoms with van der Waals surface area (Å²) < 4.78 is 1.74. The summed E-state index contributed by atoms with van der Waals surface area (Å²) >= 11 is 0. The minimum atomic E-state index is 0.203. The van der Waals surface area contributed by atoms with E-state index in [0.717, 1.165) is 11.5 Å². The predicted molar refractivity (Wildman–Crippen MR) is 78.6 cm³/mol. The number of nitrogens with zero attached hydrogens (tertiary/aromatic N) is 5. The SMILES string of the molecule is CC(NCc1nnnn1-c1ccccc1)c1ccncc1. The Balaban J connectivity index is 1.71. The largest absolute Gasteiger partial charge is 0.303 e. The zero-order valence-electron chi connectivity index (χ0n) is 11.7. The molecule has 0 radical (unpaired) electrons. The molecule has 0 aliphatic carbocycles. The summed E-state index contributed by atoms with van der Waals surface area (Å²) in [5.41, 5.74) is 2.14. The van der Waals surface area contributed by atoms with Crippen LogP contribution >= 0.6 is 0 Å². The van der Waals surface area contributed by atoms with Gasteiger partial charge in [0.05, 0.1) is 12.2 Å². The molecule has 1 aromatic carbocycles. The van der Waals surface area contributed by atoms with Gasteiger partial charge in [0.2, 0.25) is 0 Å². The normalized spacial score (nSPS) is 12.2. The number of pyridine rings is 1. The highest BCUT2D eigenvalue weighted by atomic mass is 15.5. The van der Waals surface area contributed by atoms with E-state index >= 15 is 0 Å². The van der Waals surface area contributed by atoms with Crippen LogP contribution in [0.5, 0.6) is 0 Å². The van der Waals surface area contributed by atoms with Gasteiger partial charge < -0.3 is 5.32 Å². The quantitative estimate of drug-likeness (QED) is 0.773. The lowest BCUT2D eigenvalue weighted by molar-refractivity contribution is 0.550. The van der Waals surface area contributed by atoms with E-state index in [4.69, 9.17) is 0 Å². The molecule has 21 heavy (non-hydrogen) atoms. The molecule has 0 aliphatic rings. The van der Waals surface area contributed by atoms with Crippen molar-refractivity contribution in [3.8, 4) is 5.69 Å². The highest BCUT2D eigenvalue weighted by Gasteiger charge is 2.10. The molecule has 0 bridgehead atoms. The third-order valence-electron chi connectivity index (χ3n) is 3.31. The number of tetrazole rings is 1. The van der Waals surface area contributed by atoms with Gasteiger partial charge in [-0.3, -0.25) is 4.98 Å². The van der Waals surface area contributed by atoms with Crippen LogP contribution < -0.4 is 5.32 Å². The molecule has 1 unspecified atom stereocenters. The van der Waals surface area contributed by atoms with E-state index in [0.29, 0.717) is 6.54 Å². The average Bonchev–Trinajstić information content (AvgIpc) is 3.03. The first-order chi connectivity index (χ1) is 10.3. The van der Waals surface area contributed by atoms with Gasteiger partial charge in [0.25, 0.3) is 0 Å². The molecule has 6 heteroatoms. The number of rotatable bonds is 5. The third kappa shape index (κ3) is 3.11. The van der Waals surface area contributed by atoms with E-state index in [-0.39, 0.29) is 6.04 Å². The van der Waals surface area contributed by atoms with Crippen molar-refractivity contribution >= 4 is 0 Å². The fourth-order valence-electron chi connectivity index (χ4n) is 2.10. The summed E-state index contributed by atoms with van der Waals surface area (Å²) in [4.78, 5) is 4.03. The van der Waals surface area contributed by atoms with Crippen LogP contribution in [0.3, 0.4) is 0 Å². The Bertz CT molecular complexity index is 680. The first-order valence-electron chi connectivity index (χ1n) is 6.80. The minimum absolute atomic E-state index is 0.203. The van der Waals surface area contributed by atoms with Crippen molar-refractivity contribution in [1.29, 1.82) is 0 Å². The van der Waals surface area contributed by atoms with E-state index in [1.54, 1.807) is 17.1 Å². The summed E-state index contributed by atoms with van der Waals surface area (Å²) in [7, 11) is 0. The van der Waals surface area contributed by atoms with Gasteiger partial charge in [-0.15, -0.1) is 5.10 Å². The van der Waals surface area contributed by atoms with Gasteiger partial charge in [0.15, 0.2) is 5.82 Å². The summed E-state index contributed by atoms with van der Waals surface area (Å²) in [6.07, 6.45) is 3.59. The molecule has 3 aromatic rings. The van der Waals surface area contributed by atoms with Crippen LogP contribution in [-0.4, -0.2) is 25.2 Å². The van der Waals surface area contributed by atoms with Crippen molar-refractivity contribution in [2.75, 3.05) is 0 Å². The number of hydrogen-bond acceptors (Lipinski definition) is 5. The Morgan fingerprint density at radius 3 is 2.62 bits per heavy atom. The van der Waals surface area contributed by atoms with Crippen LogP contribution in [0.2, 0.25) is 0 Å². The molecule has 0 aliphatic heterocycles. The summed E-state index contributed by atoms with van der Waals surface area (Å²) in [5, 5.41) is 15.3. The lowest BCUT2D eigenvalue weighted by atomic mass is 10.1. The molecule has 0 spiro atoms. The van der Waals surface area contributed by atoms with E-state index < -0.39 is 0 Å². The topological polar surface area (TPSA) is 68.5 Å². The standard InChI is InChI=1S/C15H16N6/c1-12(13-7-9-16-10-8-13)17-11-15-18-19-20-21(15)14-5-3-2-4-6-14/h2-10,12,17H,11H2,1H3. The second kappa shape index (κ2) is 6.23. The Labute approximate surface area is 122 Å². The molecule has 1 N–H and O–H groups in total. The van der Waals surface area contributed by atoms with E-state index in [9.17, 15) is 0 Å². The van der Waals surface area contributed by atoms with Crippen molar-refractivity contribution in [3.05, 3.63) is 66.2 Å². The van der Waals surface area contributed by atoms with Crippen LogP contribution in [0, 0.1) is 0 Å². The third-order valence-corrected chi connectivity index (χ3v) is 3.31. The molecule has 2 aromatic heterocycles. The van der Waals surface area contributed by atoms with Gasteiger partial charge >= 0.3 is 0 Å². The lowest BCUT2D eigenvalue weighted by Crippen LogP contribution is -2.20. The first kappa shape index (κ1) is 13.4. The Kier molecular flexibility index (Phi) is 3.97. The summed E-state index contributed by atoms with van der Waals surface area (Å²) in [5.74, 6) is 0.780. The number of aromatic nitrogens is 5. The summed E-state index contributed by atoms with van der Waals surface area (Å²) in [6, 6.07) is 14.1. The molecule has 2 heterocycles. The predicted octanol–water partition coefficient (Wildman–Crippen LogP) is 1.91. The van der Waals surface area contributed by atoms with Crippen molar-refractivity contribution in [1.82, 2.24) is 30.5 Å². The Morgan fingerprint density at radius 2 is 1.86 bits per heavy atom. The maximum absolute atomic E-state index is 4.09. The van der Waals surface area contributed by atoms with Crippen LogP contribution in [0.15, 0.2) is 54.9 Å². The zero-order valence-corrected chi connectivity index (χ0v) is 11.7. The fourth-order valence-corrected chi connectivity index (χ4v) is 2.10. The fraction of sp³-hybridized carbons (Fsp3) is 0.200. The Morgan fingerprint density at radius 1 is 1.10 bits per heavy atom. The molecule has 106 valence electrons. The Hall–Kier alpha value is -2.60. The maximum Gasteiger partial charge on any atom is 0.170 e. The van der Waals surface area contributed by atoms with E-state index in [2.05, 4.69) is 32.7 Å². The molecule has 1 atom stereocenters. The van der Waals surface area contributed by atoms with Gasteiger partial charge in [0.1, 0.15) is 0 Å². The number of para-hydroxylation sites is 1. The number of benzene rings is 1. The zero-order chi connectivity index (χ0) is 14.5. The molecule has 0 amide bonds. The van der Waals surface area contributed by atoms with Gasteiger partial charge in [-0.25, -0.2) is 0 Å². The van der Waals surface area contributed by atoms with Crippen LogP contribution in [-0.2, 0) is 6.54 Å². The van der Waals surface area contributed by atoms with E-state index in [1.807, 2.05) is 42.5 Å². The van der Waals surface area contributed by atoms with Crippen molar-refractivity contribution in [2.45, 2.75) is 19.5 Å². The average molecular weight is 280 g/mol. The van der Waals surface area contributed by atoms with Gasteiger partial charge in [-0.05, 0) is 47.2 Å².